The van der Waals surface area contributed by atoms with Gasteiger partial charge in [-0.2, -0.15) is 0 Å². The molecule has 5 heteroatoms. The molecule has 0 radical (unpaired) electrons. The number of carboxylic acid groups (broad SMARTS) is 1. The van der Waals surface area contributed by atoms with Gasteiger partial charge in [0.1, 0.15) is 5.54 Å². The zero-order valence-electron chi connectivity index (χ0n) is 12.1. The molecular weight excluding hydrogens is 268 g/mol. The first-order valence-electron chi connectivity index (χ1n) is 6.87. The number of pyridine rings is 1. The van der Waals surface area contributed by atoms with Crippen LogP contribution in [0.2, 0.25) is 0 Å². The number of rotatable bonds is 5. The molecule has 2 aromatic rings. The fourth-order valence-corrected chi connectivity index (χ4v) is 2.33. The Morgan fingerprint density at radius 3 is 2.67 bits per heavy atom. The smallest absolute Gasteiger partial charge is 0.329 e. The molecule has 0 saturated carbocycles. The van der Waals surface area contributed by atoms with Crippen molar-refractivity contribution in [2.45, 2.75) is 32.2 Å². The van der Waals surface area contributed by atoms with E-state index in [4.69, 9.17) is 0 Å². The number of hydrogen-bond acceptors (Lipinski definition) is 3. The summed E-state index contributed by atoms with van der Waals surface area (Å²) in [5.74, 6) is -1.43. The second-order valence-electron chi connectivity index (χ2n) is 5.22. The minimum absolute atomic E-state index is 0.372. The lowest BCUT2D eigenvalue weighted by Gasteiger charge is -2.26. The molecule has 0 spiro atoms. The highest BCUT2D eigenvalue weighted by Gasteiger charge is 2.34. The van der Waals surface area contributed by atoms with E-state index in [9.17, 15) is 14.7 Å². The number of amides is 1. The van der Waals surface area contributed by atoms with E-state index in [1.54, 1.807) is 18.3 Å². The van der Waals surface area contributed by atoms with Gasteiger partial charge in [-0.25, -0.2) is 4.79 Å². The number of carboxylic acids is 1. The summed E-state index contributed by atoms with van der Waals surface area (Å²) >= 11 is 0. The van der Waals surface area contributed by atoms with Crippen molar-refractivity contribution in [1.29, 1.82) is 0 Å². The quantitative estimate of drug-likeness (QED) is 0.885. The largest absolute Gasteiger partial charge is 0.480 e. The van der Waals surface area contributed by atoms with E-state index in [-0.39, 0.29) is 0 Å². The summed E-state index contributed by atoms with van der Waals surface area (Å²) < 4.78 is 0. The van der Waals surface area contributed by atoms with Crippen LogP contribution in [0.25, 0.3) is 10.9 Å². The van der Waals surface area contributed by atoms with Gasteiger partial charge in [-0.15, -0.1) is 0 Å². The highest BCUT2D eigenvalue weighted by Crippen LogP contribution is 2.19. The molecular formula is C16H18N2O3. The van der Waals surface area contributed by atoms with Crippen LogP contribution in [-0.2, 0) is 4.79 Å². The number of aliphatic carboxylic acids is 1. The van der Waals surface area contributed by atoms with Crippen molar-refractivity contribution in [3.8, 4) is 0 Å². The SMILES string of the molecule is CCCC(C)(NC(=O)c1ccnc2ccccc12)C(=O)O. The molecule has 1 atom stereocenters. The summed E-state index contributed by atoms with van der Waals surface area (Å²) in [7, 11) is 0. The molecule has 2 rings (SSSR count). The average Bonchev–Trinajstić information content (AvgIpc) is 2.46. The second-order valence-corrected chi connectivity index (χ2v) is 5.22. The summed E-state index contributed by atoms with van der Waals surface area (Å²) in [5, 5.41) is 12.7. The Bertz CT molecular complexity index is 679. The minimum atomic E-state index is -1.27. The topological polar surface area (TPSA) is 79.3 Å². The molecule has 1 amide bonds. The van der Waals surface area contributed by atoms with E-state index in [1.807, 2.05) is 25.1 Å². The van der Waals surface area contributed by atoms with Gasteiger partial charge in [-0.05, 0) is 25.5 Å². The van der Waals surface area contributed by atoms with Crippen LogP contribution in [0.1, 0.15) is 37.0 Å². The monoisotopic (exact) mass is 286 g/mol. The maximum Gasteiger partial charge on any atom is 0.329 e. The fourth-order valence-electron chi connectivity index (χ4n) is 2.33. The van der Waals surface area contributed by atoms with Crippen LogP contribution >= 0.6 is 0 Å². The molecule has 1 unspecified atom stereocenters. The molecule has 1 aromatic heterocycles. The number of nitrogens with zero attached hydrogens (tertiary/aromatic N) is 1. The van der Waals surface area contributed by atoms with Gasteiger partial charge in [0.25, 0.3) is 5.91 Å². The van der Waals surface area contributed by atoms with Crippen LogP contribution in [0.4, 0.5) is 0 Å². The van der Waals surface area contributed by atoms with E-state index in [0.717, 1.165) is 0 Å². The number of aromatic nitrogens is 1. The van der Waals surface area contributed by atoms with Gasteiger partial charge in [0.2, 0.25) is 0 Å². The van der Waals surface area contributed by atoms with E-state index < -0.39 is 17.4 Å². The maximum atomic E-state index is 12.5. The predicted octanol–water partition coefficient (Wildman–Crippen LogP) is 2.61. The summed E-state index contributed by atoms with van der Waals surface area (Å²) in [5.41, 5.74) is -0.127. The summed E-state index contributed by atoms with van der Waals surface area (Å²) in [4.78, 5) is 28.1. The highest BCUT2D eigenvalue weighted by atomic mass is 16.4. The molecule has 0 saturated heterocycles. The third-order valence-corrected chi connectivity index (χ3v) is 3.51. The fraction of sp³-hybridized carbons (Fsp3) is 0.312. The van der Waals surface area contributed by atoms with Crippen LogP contribution in [-0.4, -0.2) is 27.5 Å². The minimum Gasteiger partial charge on any atom is -0.480 e. The summed E-state index contributed by atoms with van der Waals surface area (Å²) in [6.45, 7) is 3.41. The third-order valence-electron chi connectivity index (χ3n) is 3.51. The molecule has 0 aliphatic rings. The molecule has 1 heterocycles. The Kier molecular flexibility index (Phi) is 4.21. The van der Waals surface area contributed by atoms with Crippen molar-refractivity contribution in [3.05, 3.63) is 42.1 Å². The number of para-hydroxylation sites is 1. The first kappa shape index (κ1) is 15.0. The molecule has 0 aliphatic carbocycles. The zero-order chi connectivity index (χ0) is 15.5. The molecule has 2 N–H and O–H groups in total. The van der Waals surface area contributed by atoms with Crippen LogP contribution in [0, 0.1) is 0 Å². The number of carbonyl (C=O) groups is 2. The number of benzene rings is 1. The molecule has 0 bridgehead atoms. The zero-order valence-corrected chi connectivity index (χ0v) is 12.1. The Morgan fingerprint density at radius 2 is 2.00 bits per heavy atom. The van der Waals surface area contributed by atoms with Crippen molar-refractivity contribution in [3.63, 3.8) is 0 Å². The van der Waals surface area contributed by atoms with E-state index >= 15 is 0 Å². The van der Waals surface area contributed by atoms with E-state index in [0.29, 0.717) is 29.3 Å². The second kappa shape index (κ2) is 5.91. The van der Waals surface area contributed by atoms with Crippen LogP contribution in [0.5, 0.6) is 0 Å². The van der Waals surface area contributed by atoms with Crippen LogP contribution in [0.3, 0.4) is 0 Å². The molecule has 110 valence electrons. The van der Waals surface area contributed by atoms with Gasteiger partial charge in [-0.1, -0.05) is 31.5 Å². The summed E-state index contributed by atoms with van der Waals surface area (Å²) in [6.07, 6.45) is 2.59. The average molecular weight is 286 g/mol. The Labute approximate surface area is 123 Å². The van der Waals surface area contributed by atoms with Gasteiger partial charge in [0.05, 0.1) is 11.1 Å². The highest BCUT2D eigenvalue weighted by molar-refractivity contribution is 6.07. The Balaban J connectivity index is 2.36. The standard InChI is InChI=1S/C16H18N2O3/c1-3-9-16(2,15(20)21)18-14(19)12-8-10-17-13-7-5-4-6-11(12)13/h4-8,10H,3,9H2,1-2H3,(H,18,19)(H,20,21). The number of carbonyl (C=O) groups excluding carboxylic acids is 1. The van der Waals surface area contributed by atoms with Crippen molar-refractivity contribution < 1.29 is 14.7 Å². The molecule has 0 fully saturated rings. The molecule has 5 nitrogen and oxygen atoms in total. The van der Waals surface area contributed by atoms with Crippen molar-refractivity contribution >= 4 is 22.8 Å². The number of fused-ring (bicyclic) bond motifs is 1. The lowest BCUT2D eigenvalue weighted by atomic mass is 9.95. The van der Waals surface area contributed by atoms with Crippen molar-refractivity contribution in [1.82, 2.24) is 10.3 Å². The van der Waals surface area contributed by atoms with E-state index in [1.165, 1.54) is 6.92 Å². The van der Waals surface area contributed by atoms with Crippen LogP contribution in [0.15, 0.2) is 36.5 Å². The maximum absolute atomic E-state index is 12.5. The molecule has 21 heavy (non-hydrogen) atoms. The van der Waals surface area contributed by atoms with Crippen molar-refractivity contribution in [2.24, 2.45) is 0 Å². The van der Waals surface area contributed by atoms with Gasteiger partial charge in [0.15, 0.2) is 0 Å². The van der Waals surface area contributed by atoms with Gasteiger partial charge in [0, 0.05) is 11.6 Å². The lowest BCUT2D eigenvalue weighted by molar-refractivity contribution is -0.144. The van der Waals surface area contributed by atoms with Gasteiger partial charge in [-0.3, -0.25) is 9.78 Å². The van der Waals surface area contributed by atoms with Gasteiger partial charge < -0.3 is 10.4 Å². The third kappa shape index (κ3) is 3.02. The molecule has 0 aliphatic heterocycles. The first-order valence-corrected chi connectivity index (χ1v) is 6.87. The normalized spacial score (nSPS) is 13.6. The predicted molar refractivity (Wildman–Crippen MR) is 80.2 cm³/mol. The Morgan fingerprint density at radius 1 is 1.29 bits per heavy atom. The first-order chi connectivity index (χ1) is 9.98. The Hall–Kier alpha value is -2.43. The van der Waals surface area contributed by atoms with Crippen LogP contribution < -0.4 is 5.32 Å². The number of nitrogens with one attached hydrogen (secondary N) is 1. The van der Waals surface area contributed by atoms with Gasteiger partial charge >= 0.3 is 5.97 Å². The van der Waals surface area contributed by atoms with E-state index in [2.05, 4.69) is 10.3 Å². The number of hydrogen-bond donors (Lipinski definition) is 2. The lowest BCUT2D eigenvalue weighted by Crippen LogP contribution is -2.52. The molecule has 1 aromatic carbocycles. The van der Waals surface area contributed by atoms with Crippen molar-refractivity contribution in [2.75, 3.05) is 0 Å². The summed E-state index contributed by atoms with van der Waals surface area (Å²) in [6, 6.07) is 8.88.